The number of carbonyl (C=O) groups excluding carboxylic acids is 1. The van der Waals surface area contributed by atoms with Gasteiger partial charge in [-0.1, -0.05) is 47.0 Å². The summed E-state index contributed by atoms with van der Waals surface area (Å²) in [4.78, 5) is 15.8. The van der Waals surface area contributed by atoms with Crippen LogP contribution in [0.3, 0.4) is 0 Å². The van der Waals surface area contributed by atoms with E-state index < -0.39 is 0 Å². The topological polar surface area (TPSA) is 20.3 Å². The lowest BCUT2D eigenvalue weighted by Crippen LogP contribution is -2.44. The molecule has 2 nitrogen and oxygen atoms in total. The van der Waals surface area contributed by atoms with Crippen molar-refractivity contribution >= 4 is 33.6 Å². The Hall–Kier alpha value is -0.480. The molecule has 4 heteroatoms. The SMILES string of the molecule is CN(C(=O)CSc1ccccc1)C1CCCCC1Br. The number of rotatable bonds is 4. The monoisotopic (exact) mass is 341 g/mol. The van der Waals surface area contributed by atoms with Gasteiger partial charge in [0.05, 0.1) is 5.75 Å². The smallest absolute Gasteiger partial charge is 0.232 e. The summed E-state index contributed by atoms with van der Waals surface area (Å²) in [6, 6.07) is 10.5. The molecule has 1 aliphatic rings. The fourth-order valence-corrected chi connectivity index (χ4v) is 4.24. The number of thioether (sulfide) groups is 1. The van der Waals surface area contributed by atoms with E-state index in [9.17, 15) is 4.79 Å². The number of carbonyl (C=O) groups is 1. The maximum atomic E-state index is 12.2. The van der Waals surface area contributed by atoms with Crippen molar-refractivity contribution < 1.29 is 4.79 Å². The van der Waals surface area contributed by atoms with Crippen LogP contribution in [0.5, 0.6) is 0 Å². The summed E-state index contributed by atoms with van der Waals surface area (Å²) in [5.74, 6) is 0.752. The van der Waals surface area contributed by atoms with Crippen molar-refractivity contribution in [3.8, 4) is 0 Å². The molecule has 1 aromatic rings. The van der Waals surface area contributed by atoms with Crippen LogP contribution < -0.4 is 0 Å². The van der Waals surface area contributed by atoms with Gasteiger partial charge in [-0.2, -0.15) is 0 Å². The van der Waals surface area contributed by atoms with E-state index >= 15 is 0 Å². The van der Waals surface area contributed by atoms with Gasteiger partial charge in [0.1, 0.15) is 0 Å². The largest absolute Gasteiger partial charge is 0.341 e. The molecule has 0 aliphatic heterocycles. The van der Waals surface area contributed by atoms with Gasteiger partial charge in [0.25, 0.3) is 0 Å². The normalized spacial score (nSPS) is 23.1. The van der Waals surface area contributed by atoms with Gasteiger partial charge in [-0.05, 0) is 25.0 Å². The van der Waals surface area contributed by atoms with Crippen LogP contribution >= 0.6 is 27.7 Å². The van der Waals surface area contributed by atoms with Gasteiger partial charge in [-0.25, -0.2) is 0 Å². The highest BCUT2D eigenvalue weighted by Gasteiger charge is 2.28. The highest BCUT2D eigenvalue weighted by atomic mass is 79.9. The standard InChI is InChI=1S/C15H20BrNOS/c1-17(14-10-6-5-9-13(14)16)15(18)11-19-12-7-3-2-4-8-12/h2-4,7-8,13-14H,5-6,9-11H2,1H3. The van der Waals surface area contributed by atoms with Gasteiger partial charge in [-0.3, -0.25) is 4.79 Å². The summed E-state index contributed by atoms with van der Waals surface area (Å²) < 4.78 is 0. The van der Waals surface area contributed by atoms with Gasteiger partial charge in [0, 0.05) is 22.8 Å². The van der Waals surface area contributed by atoms with Crippen LogP contribution in [-0.4, -0.2) is 34.5 Å². The summed E-state index contributed by atoms with van der Waals surface area (Å²) in [6.07, 6.45) is 4.80. The first-order valence-electron chi connectivity index (χ1n) is 6.76. The third kappa shape index (κ3) is 4.25. The molecule has 0 bridgehead atoms. The maximum Gasteiger partial charge on any atom is 0.232 e. The Labute approximate surface area is 128 Å². The van der Waals surface area contributed by atoms with Crippen LogP contribution in [0.15, 0.2) is 35.2 Å². The van der Waals surface area contributed by atoms with E-state index in [1.54, 1.807) is 11.8 Å². The van der Waals surface area contributed by atoms with E-state index in [1.165, 1.54) is 19.3 Å². The molecule has 1 amide bonds. The number of nitrogens with zero attached hydrogens (tertiary/aromatic N) is 1. The Balaban J connectivity index is 1.85. The number of hydrogen-bond donors (Lipinski definition) is 0. The number of amides is 1. The number of alkyl halides is 1. The minimum atomic E-state index is 0.227. The first-order valence-corrected chi connectivity index (χ1v) is 8.66. The molecule has 2 rings (SSSR count). The van der Waals surface area contributed by atoms with Crippen molar-refractivity contribution in [3.63, 3.8) is 0 Å². The van der Waals surface area contributed by atoms with Gasteiger partial charge in [0.15, 0.2) is 0 Å². The Morgan fingerprint density at radius 3 is 2.68 bits per heavy atom. The fraction of sp³-hybridized carbons (Fsp3) is 0.533. The van der Waals surface area contributed by atoms with Gasteiger partial charge >= 0.3 is 0 Å². The first kappa shape index (κ1) is 14.9. The highest BCUT2D eigenvalue weighted by molar-refractivity contribution is 9.09. The molecule has 0 saturated heterocycles. The molecule has 19 heavy (non-hydrogen) atoms. The molecule has 1 aromatic carbocycles. The summed E-state index contributed by atoms with van der Waals surface area (Å²) in [7, 11) is 1.94. The molecule has 0 aromatic heterocycles. The van der Waals surface area contributed by atoms with Crippen molar-refractivity contribution in [2.75, 3.05) is 12.8 Å². The predicted octanol–water partition coefficient (Wildman–Crippen LogP) is 3.94. The first-order chi connectivity index (χ1) is 9.18. The molecule has 0 spiro atoms. The molecule has 0 N–H and O–H groups in total. The minimum Gasteiger partial charge on any atom is -0.341 e. The molecule has 2 atom stereocenters. The lowest BCUT2D eigenvalue weighted by atomic mass is 9.94. The van der Waals surface area contributed by atoms with E-state index in [0.717, 1.165) is 11.3 Å². The van der Waals surface area contributed by atoms with E-state index in [1.807, 2.05) is 42.3 Å². The zero-order chi connectivity index (χ0) is 13.7. The zero-order valence-electron chi connectivity index (χ0n) is 11.2. The third-order valence-corrected chi connectivity index (χ3v) is 5.71. The van der Waals surface area contributed by atoms with Crippen LogP contribution in [0.2, 0.25) is 0 Å². The number of hydrogen-bond acceptors (Lipinski definition) is 2. The fourth-order valence-electron chi connectivity index (χ4n) is 2.45. The van der Waals surface area contributed by atoms with Crippen molar-refractivity contribution in [2.24, 2.45) is 0 Å². The lowest BCUT2D eigenvalue weighted by molar-refractivity contribution is -0.129. The van der Waals surface area contributed by atoms with E-state index in [-0.39, 0.29) is 5.91 Å². The van der Waals surface area contributed by atoms with Crippen molar-refractivity contribution in [2.45, 2.75) is 41.4 Å². The third-order valence-electron chi connectivity index (χ3n) is 3.64. The molecule has 104 valence electrons. The van der Waals surface area contributed by atoms with Crippen LogP contribution in [0.25, 0.3) is 0 Å². The second-order valence-corrected chi connectivity index (χ2v) is 7.20. The molecule has 0 heterocycles. The van der Waals surface area contributed by atoms with Gasteiger partial charge in [-0.15, -0.1) is 11.8 Å². The number of halogens is 1. The molecular weight excluding hydrogens is 322 g/mol. The minimum absolute atomic E-state index is 0.227. The summed E-state index contributed by atoms with van der Waals surface area (Å²) in [5.41, 5.74) is 0. The Bertz CT molecular complexity index is 412. The van der Waals surface area contributed by atoms with Gasteiger partial charge in [0.2, 0.25) is 5.91 Å². The quantitative estimate of drug-likeness (QED) is 0.610. The Morgan fingerprint density at radius 2 is 2.00 bits per heavy atom. The second kappa shape index (κ2) is 7.34. The molecule has 1 fully saturated rings. The summed E-state index contributed by atoms with van der Waals surface area (Å²) >= 11 is 5.33. The molecule has 1 saturated carbocycles. The average Bonchev–Trinajstić information content (AvgIpc) is 2.45. The van der Waals surface area contributed by atoms with Gasteiger partial charge < -0.3 is 4.90 Å². The van der Waals surface area contributed by atoms with Crippen molar-refractivity contribution in [1.29, 1.82) is 0 Å². The van der Waals surface area contributed by atoms with E-state index in [0.29, 0.717) is 16.6 Å². The predicted molar refractivity (Wildman–Crippen MR) is 84.9 cm³/mol. The molecule has 1 aliphatic carbocycles. The Morgan fingerprint density at radius 1 is 1.32 bits per heavy atom. The van der Waals surface area contributed by atoms with Crippen LogP contribution in [0.4, 0.5) is 0 Å². The highest BCUT2D eigenvalue weighted by Crippen LogP contribution is 2.28. The molecular formula is C15H20BrNOS. The molecule has 2 unspecified atom stereocenters. The second-order valence-electron chi connectivity index (χ2n) is 4.97. The molecule has 0 radical (unpaired) electrons. The van der Waals surface area contributed by atoms with Crippen LogP contribution in [-0.2, 0) is 4.79 Å². The van der Waals surface area contributed by atoms with Crippen molar-refractivity contribution in [1.82, 2.24) is 4.90 Å². The van der Waals surface area contributed by atoms with Crippen molar-refractivity contribution in [3.05, 3.63) is 30.3 Å². The van der Waals surface area contributed by atoms with E-state index in [2.05, 4.69) is 15.9 Å². The Kier molecular flexibility index (Phi) is 5.76. The van der Waals surface area contributed by atoms with E-state index in [4.69, 9.17) is 0 Å². The zero-order valence-corrected chi connectivity index (χ0v) is 13.6. The number of benzene rings is 1. The summed E-state index contributed by atoms with van der Waals surface area (Å²) in [5, 5.41) is 0. The maximum absolute atomic E-state index is 12.2. The summed E-state index contributed by atoms with van der Waals surface area (Å²) in [6.45, 7) is 0. The lowest BCUT2D eigenvalue weighted by Gasteiger charge is -2.35. The van der Waals surface area contributed by atoms with Crippen LogP contribution in [0, 0.1) is 0 Å². The van der Waals surface area contributed by atoms with Crippen LogP contribution in [0.1, 0.15) is 25.7 Å². The average molecular weight is 342 g/mol.